The molecule has 0 saturated carbocycles. The van der Waals surface area contributed by atoms with Gasteiger partial charge < -0.3 is 15.1 Å². The van der Waals surface area contributed by atoms with Crippen molar-refractivity contribution in [1.29, 1.82) is 0 Å². The van der Waals surface area contributed by atoms with Crippen molar-refractivity contribution in [3.05, 3.63) is 69.7 Å². The van der Waals surface area contributed by atoms with Gasteiger partial charge in [0.2, 0.25) is 0 Å². The second-order valence-corrected chi connectivity index (χ2v) is 6.88. The van der Waals surface area contributed by atoms with E-state index in [9.17, 15) is 4.79 Å². The van der Waals surface area contributed by atoms with Crippen molar-refractivity contribution in [2.24, 2.45) is 0 Å². The SMILES string of the molecule is CN(C)CCN(Cc1ccccc1)C(=O)NCc1c(Cl)cccc1Cl. The molecular weight excluding hydrogens is 357 g/mol. The minimum absolute atomic E-state index is 0.137. The van der Waals surface area contributed by atoms with E-state index in [1.807, 2.05) is 44.4 Å². The van der Waals surface area contributed by atoms with Crippen LogP contribution in [0.5, 0.6) is 0 Å². The molecule has 0 aliphatic rings. The van der Waals surface area contributed by atoms with Gasteiger partial charge >= 0.3 is 6.03 Å². The van der Waals surface area contributed by atoms with Gasteiger partial charge in [0.05, 0.1) is 0 Å². The molecule has 0 aliphatic heterocycles. The smallest absolute Gasteiger partial charge is 0.318 e. The van der Waals surface area contributed by atoms with Gasteiger partial charge in [-0.25, -0.2) is 4.79 Å². The van der Waals surface area contributed by atoms with Gasteiger partial charge in [-0.05, 0) is 31.8 Å². The number of benzene rings is 2. The fraction of sp³-hybridized carbons (Fsp3) is 0.316. The van der Waals surface area contributed by atoms with Crippen LogP contribution in [0.4, 0.5) is 4.79 Å². The van der Waals surface area contributed by atoms with E-state index in [2.05, 4.69) is 10.2 Å². The van der Waals surface area contributed by atoms with Gasteiger partial charge in [0.25, 0.3) is 0 Å². The molecule has 0 heterocycles. The second-order valence-electron chi connectivity index (χ2n) is 6.07. The van der Waals surface area contributed by atoms with Crippen LogP contribution >= 0.6 is 23.2 Å². The first kappa shape index (κ1) is 19.6. The molecule has 1 N–H and O–H groups in total. The highest BCUT2D eigenvalue weighted by atomic mass is 35.5. The minimum atomic E-state index is -0.137. The Hall–Kier alpha value is -1.75. The number of urea groups is 1. The molecule has 2 aromatic carbocycles. The van der Waals surface area contributed by atoms with Crippen molar-refractivity contribution in [2.45, 2.75) is 13.1 Å². The van der Waals surface area contributed by atoms with E-state index < -0.39 is 0 Å². The van der Waals surface area contributed by atoms with E-state index in [-0.39, 0.29) is 6.03 Å². The molecule has 0 fully saturated rings. The molecule has 0 radical (unpaired) electrons. The highest BCUT2D eigenvalue weighted by Gasteiger charge is 2.15. The number of likely N-dealkylation sites (N-methyl/N-ethyl adjacent to an activating group) is 1. The average Bonchev–Trinajstić information content (AvgIpc) is 2.58. The number of hydrogen-bond acceptors (Lipinski definition) is 2. The molecule has 0 spiro atoms. The molecule has 0 aliphatic carbocycles. The summed E-state index contributed by atoms with van der Waals surface area (Å²) in [5.74, 6) is 0. The van der Waals surface area contributed by atoms with Gasteiger partial charge in [0.1, 0.15) is 0 Å². The van der Waals surface area contributed by atoms with E-state index in [0.717, 1.165) is 17.7 Å². The third-order valence-electron chi connectivity index (χ3n) is 3.80. The van der Waals surface area contributed by atoms with Crippen molar-refractivity contribution in [3.63, 3.8) is 0 Å². The van der Waals surface area contributed by atoms with Crippen LogP contribution in [-0.4, -0.2) is 43.0 Å². The lowest BCUT2D eigenvalue weighted by Gasteiger charge is -2.25. The first-order valence-corrected chi connectivity index (χ1v) is 8.87. The number of nitrogens with zero attached hydrogens (tertiary/aromatic N) is 2. The second kappa shape index (κ2) is 9.66. The maximum Gasteiger partial charge on any atom is 0.318 e. The maximum absolute atomic E-state index is 12.7. The van der Waals surface area contributed by atoms with Gasteiger partial charge in [-0.2, -0.15) is 0 Å². The molecule has 0 atom stereocenters. The number of carbonyl (C=O) groups is 1. The van der Waals surface area contributed by atoms with Gasteiger partial charge in [-0.15, -0.1) is 0 Å². The Morgan fingerprint density at radius 2 is 1.60 bits per heavy atom. The van der Waals surface area contributed by atoms with Crippen molar-refractivity contribution in [3.8, 4) is 0 Å². The largest absolute Gasteiger partial charge is 0.334 e. The molecule has 2 rings (SSSR count). The quantitative estimate of drug-likeness (QED) is 0.779. The summed E-state index contributed by atoms with van der Waals surface area (Å²) in [4.78, 5) is 16.5. The summed E-state index contributed by atoms with van der Waals surface area (Å²) in [6.07, 6.45) is 0. The fourth-order valence-electron chi connectivity index (χ4n) is 2.35. The third-order valence-corrected chi connectivity index (χ3v) is 4.51. The zero-order chi connectivity index (χ0) is 18.2. The Bertz CT molecular complexity index is 672. The Kier molecular flexibility index (Phi) is 7.56. The number of carbonyl (C=O) groups excluding carboxylic acids is 1. The summed E-state index contributed by atoms with van der Waals surface area (Å²) < 4.78 is 0. The Labute approximate surface area is 159 Å². The molecular formula is C19H23Cl2N3O. The Morgan fingerprint density at radius 1 is 0.960 bits per heavy atom. The number of hydrogen-bond donors (Lipinski definition) is 1. The normalized spacial score (nSPS) is 10.8. The molecule has 0 aromatic heterocycles. The summed E-state index contributed by atoms with van der Waals surface area (Å²) >= 11 is 12.3. The van der Waals surface area contributed by atoms with E-state index in [1.54, 1.807) is 23.1 Å². The van der Waals surface area contributed by atoms with Crippen molar-refractivity contribution >= 4 is 29.2 Å². The number of rotatable bonds is 7. The molecule has 0 bridgehead atoms. The van der Waals surface area contributed by atoms with Crippen LogP contribution in [-0.2, 0) is 13.1 Å². The van der Waals surface area contributed by atoms with Crippen molar-refractivity contribution in [2.75, 3.05) is 27.2 Å². The average molecular weight is 380 g/mol. The summed E-state index contributed by atoms with van der Waals surface area (Å²) in [6.45, 7) is 2.26. The zero-order valence-corrected chi connectivity index (χ0v) is 16.0. The number of amides is 2. The zero-order valence-electron chi connectivity index (χ0n) is 14.5. The fourth-order valence-corrected chi connectivity index (χ4v) is 2.89. The lowest BCUT2D eigenvalue weighted by atomic mass is 10.2. The predicted octanol–water partition coefficient (Wildman–Crippen LogP) is 4.27. The molecule has 25 heavy (non-hydrogen) atoms. The molecule has 0 unspecified atom stereocenters. The van der Waals surface area contributed by atoms with Crippen LogP contribution in [0.15, 0.2) is 48.5 Å². The maximum atomic E-state index is 12.7. The first-order chi connectivity index (χ1) is 12.0. The highest BCUT2D eigenvalue weighted by molar-refractivity contribution is 6.36. The Balaban J connectivity index is 2.03. The van der Waals surface area contributed by atoms with Crippen LogP contribution < -0.4 is 5.32 Å². The van der Waals surface area contributed by atoms with Crippen LogP contribution in [0.1, 0.15) is 11.1 Å². The molecule has 134 valence electrons. The van der Waals surface area contributed by atoms with Crippen LogP contribution in [0.3, 0.4) is 0 Å². The third kappa shape index (κ3) is 6.24. The van der Waals surface area contributed by atoms with Crippen LogP contribution in [0.25, 0.3) is 0 Å². The van der Waals surface area contributed by atoms with Crippen molar-refractivity contribution in [1.82, 2.24) is 15.1 Å². The molecule has 6 heteroatoms. The lowest BCUT2D eigenvalue weighted by Crippen LogP contribution is -2.42. The minimum Gasteiger partial charge on any atom is -0.334 e. The molecule has 2 amide bonds. The van der Waals surface area contributed by atoms with Gasteiger partial charge in [-0.3, -0.25) is 0 Å². The van der Waals surface area contributed by atoms with E-state index in [0.29, 0.717) is 29.7 Å². The monoisotopic (exact) mass is 379 g/mol. The first-order valence-electron chi connectivity index (χ1n) is 8.11. The van der Waals surface area contributed by atoms with E-state index in [1.165, 1.54) is 0 Å². The van der Waals surface area contributed by atoms with Gasteiger partial charge in [0.15, 0.2) is 0 Å². The molecule has 0 saturated heterocycles. The predicted molar refractivity (Wildman–Crippen MR) is 104 cm³/mol. The summed E-state index contributed by atoms with van der Waals surface area (Å²) in [5, 5.41) is 4.03. The number of nitrogens with one attached hydrogen (secondary N) is 1. The topological polar surface area (TPSA) is 35.6 Å². The standard InChI is InChI=1S/C19H23Cl2N3O/c1-23(2)11-12-24(14-15-7-4-3-5-8-15)19(25)22-13-16-17(20)9-6-10-18(16)21/h3-10H,11-14H2,1-2H3,(H,22,25). The summed E-state index contributed by atoms with van der Waals surface area (Å²) in [6, 6.07) is 15.1. The molecule has 2 aromatic rings. The van der Waals surface area contributed by atoms with Crippen LogP contribution in [0.2, 0.25) is 10.0 Å². The lowest BCUT2D eigenvalue weighted by molar-refractivity contribution is 0.188. The summed E-state index contributed by atoms with van der Waals surface area (Å²) in [7, 11) is 3.98. The molecule has 4 nitrogen and oxygen atoms in total. The Morgan fingerprint density at radius 3 is 2.20 bits per heavy atom. The number of halogens is 2. The van der Waals surface area contributed by atoms with Crippen LogP contribution in [0, 0.1) is 0 Å². The van der Waals surface area contributed by atoms with E-state index in [4.69, 9.17) is 23.2 Å². The van der Waals surface area contributed by atoms with Gasteiger partial charge in [-0.1, -0.05) is 59.6 Å². The van der Waals surface area contributed by atoms with Crippen molar-refractivity contribution < 1.29 is 4.79 Å². The summed E-state index contributed by atoms with van der Waals surface area (Å²) in [5.41, 5.74) is 1.82. The van der Waals surface area contributed by atoms with Gasteiger partial charge in [0, 0.05) is 41.8 Å². The van der Waals surface area contributed by atoms with E-state index >= 15 is 0 Å². The highest BCUT2D eigenvalue weighted by Crippen LogP contribution is 2.23.